The molecule has 32 heavy (non-hydrogen) atoms. The average molecular weight is 447 g/mol. The second-order valence-corrected chi connectivity index (χ2v) is 8.68. The third kappa shape index (κ3) is 7.08. The summed E-state index contributed by atoms with van der Waals surface area (Å²) in [6, 6.07) is 7.04. The maximum Gasteiger partial charge on any atom is 0.220 e. The summed E-state index contributed by atoms with van der Waals surface area (Å²) < 4.78 is 14.0. The molecule has 178 valence electrons. The van der Waals surface area contributed by atoms with Crippen LogP contribution in [-0.4, -0.2) is 87.6 Å². The monoisotopic (exact) mass is 446 g/mol. The number of guanidine groups is 1. The van der Waals surface area contributed by atoms with Crippen molar-refractivity contribution in [1.82, 2.24) is 20.4 Å². The number of hydrogen-bond donors (Lipinski definition) is 2. The van der Waals surface area contributed by atoms with Gasteiger partial charge in [0.2, 0.25) is 5.91 Å². The van der Waals surface area contributed by atoms with Gasteiger partial charge >= 0.3 is 0 Å². The van der Waals surface area contributed by atoms with Gasteiger partial charge in [0.25, 0.3) is 0 Å². The normalized spacial score (nSPS) is 18.7. The molecule has 0 saturated carbocycles. The van der Waals surface area contributed by atoms with E-state index in [2.05, 4.69) is 32.3 Å². The molecule has 0 radical (unpaired) electrons. The van der Waals surface area contributed by atoms with E-state index in [9.17, 15) is 9.18 Å². The summed E-state index contributed by atoms with van der Waals surface area (Å²) in [7, 11) is 1.70. The standard InChI is InChI=1S/C24H39FN6O/c1-3-27-24(31-13-9-20(10-14-31)19-23(32)26-2)28-11-6-12-29-15-17-30(18-16-29)22-8-5-4-7-21(22)25/h4-5,7-8,20H,3,6,9-19H2,1-2H3,(H,26,32)(H,27,28). The number of likely N-dealkylation sites (tertiary alicyclic amines) is 1. The maximum atomic E-state index is 14.0. The van der Waals surface area contributed by atoms with Gasteiger partial charge < -0.3 is 20.4 Å². The molecule has 0 spiro atoms. The number of piperidine rings is 1. The summed E-state index contributed by atoms with van der Waals surface area (Å²) in [5.74, 6) is 1.47. The van der Waals surface area contributed by atoms with Gasteiger partial charge in [-0.2, -0.15) is 0 Å². The van der Waals surface area contributed by atoms with E-state index in [1.807, 2.05) is 12.1 Å². The summed E-state index contributed by atoms with van der Waals surface area (Å²) in [5, 5.41) is 6.16. The van der Waals surface area contributed by atoms with Crippen molar-refractivity contribution >= 4 is 17.6 Å². The molecule has 0 unspecified atom stereocenters. The fourth-order valence-electron chi connectivity index (χ4n) is 4.54. The third-order valence-corrected chi connectivity index (χ3v) is 6.46. The van der Waals surface area contributed by atoms with Crippen LogP contribution in [0.2, 0.25) is 0 Å². The van der Waals surface area contributed by atoms with Crippen LogP contribution in [0, 0.1) is 11.7 Å². The summed E-state index contributed by atoms with van der Waals surface area (Å²) in [5.41, 5.74) is 0.714. The lowest BCUT2D eigenvalue weighted by molar-refractivity contribution is -0.121. The number of benzene rings is 1. The zero-order valence-corrected chi connectivity index (χ0v) is 19.7. The second kappa shape index (κ2) is 12.6. The molecule has 2 heterocycles. The van der Waals surface area contributed by atoms with Gasteiger partial charge in [-0.15, -0.1) is 0 Å². The zero-order chi connectivity index (χ0) is 22.8. The van der Waals surface area contributed by atoms with Crippen molar-refractivity contribution < 1.29 is 9.18 Å². The van der Waals surface area contributed by atoms with Crippen molar-refractivity contribution in [1.29, 1.82) is 0 Å². The first-order chi connectivity index (χ1) is 15.6. The molecule has 3 rings (SSSR count). The summed E-state index contributed by atoms with van der Waals surface area (Å²) >= 11 is 0. The van der Waals surface area contributed by atoms with E-state index >= 15 is 0 Å². The first-order valence-corrected chi connectivity index (χ1v) is 12.1. The van der Waals surface area contributed by atoms with Crippen molar-refractivity contribution in [2.75, 3.05) is 70.9 Å². The van der Waals surface area contributed by atoms with Crippen LogP contribution in [0.3, 0.4) is 0 Å². The molecule has 7 nitrogen and oxygen atoms in total. The number of nitrogens with one attached hydrogen (secondary N) is 2. The van der Waals surface area contributed by atoms with Crippen molar-refractivity contribution in [2.24, 2.45) is 10.9 Å². The van der Waals surface area contributed by atoms with Crippen LogP contribution in [-0.2, 0) is 4.79 Å². The Hall–Kier alpha value is -2.35. The molecule has 1 aromatic rings. The predicted molar refractivity (Wildman–Crippen MR) is 129 cm³/mol. The molecule has 2 saturated heterocycles. The number of hydrogen-bond acceptors (Lipinski definition) is 4. The van der Waals surface area contributed by atoms with E-state index in [-0.39, 0.29) is 11.7 Å². The topological polar surface area (TPSA) is 63.2 Å². The molecule has 0 aromatic heterocycles. The molecule has 1 aromatic carbocycles. The number of aliphatic imine (C=N–C) groups is 1. The highest BCUT2D eigenvalue weighted by atomic mass is 19.1. The number of amides is 1. The third-order valence-electron chi connectivity index (χ3n) is 6.46. The molecule has 2 aliphatic rings. The van der Waals surface area contributed by atoms with Crippen molar-refractivity contribution in [3.05, 3.63) is 30.1 Å². The molecular formula is C24H39FN6O. The Balaban J connectivity index is 1.38. The highest BCUT2D eigenvalue weighted by molar-refractivity contribution is 5.80. The van der Waals surface area contributed by atoms with Crippen LogP contribution in [0.1, 0.15) is 32.6 Å². The highest BCUT2D eigenvalue weighted by Crippen LogP contribution is 2.21. The number of anilines is 1. The van der Waals surface area contributed by atoms with E-state index in [1.54, 1.807) is 13.1 Å². The quantitative estimate of drug-likeness (QED) is 0.364. The Morgan fingerprint density at radius 3 is 2.50 bits per heavy atom. The minimum absolute atomic E-state index is 0.135. The van der Waals surface area contributed by atoms with Crippen LogP contribution in [0.5, 0.6) is 0 Å². The van der Waals surface area contributed by atoms with E-state index in [4.69, 9.17) is 4.99 Å². The molecule has 8 heteroatoms. The minimum atomic E-state index is -0.135. The van der Waals surface area contributed by atoms with E-state index in [0.717, 1.165) is 84.1 Å². The lowest BCUT2D eigenvalue weighted by atomic mass is 9.93. The molecule has 1 amide bonds. The number of nitrogens with zero attached hydrogens (tertiary/aromatic N) is 4. The van der Waals surface area contributed by atoms with Crippen molar-refractivity contribution in [2.45, 2.75) is 32.6 Å². The zero-order valence-electron chi connectivity index (χ0n) is 19.7. The molecular weight excluding hydrogens is 407 g/mol. The lowest BCUT2D eigenvalue weighted by Gasteiger charge is -2.36. The Labute approximate surface area is 192 Å². The average Bonchev–Trinajstić information content (AvgIpc) is 2.82. The Morgan fingerprint density at radius 2 is 1.84 bits per heavy atom. The van der Waals surface area contributed by atoms with Crippen molar-refractivity contribution in [3.8, 4) is 0 Å². The first kappa shape index (κ1) is 24.3. The van der Waals surface area contributed by atoms with Gasteiger partial charge in [-0.1, -0.05) is 12.1 Å². The number of rotatable bonds is 8. The summed E-state index contributed by atoms with van der Waals surface area (Å²) in [6.07, 6.45) is 3.71. The second-order valence-electron chi connectivity index (χ2n) is 8.68. The van der Waals surface area contributed by atoms with E-state index < -0.39 is 0 Å². The predicted octanol–water partition coefficient (Wildman–Crippen LogP) is 2.15. The van der Waals surface area contributed by atoms with Gasteiger partial charge in [-0.05, 0) is 44.2 Å². The molecule has 0 bridgehead atoms. The molecule has 2 aliphatic heterocycles. The molecule has 2 N–H and O–H groups in total. The number of piperazine rings is 1. The van der Waals surface area contributed by atoms with Gasteiger partial charge in [0.15, 0.2) is 5.96 Å². The first-order valence-electron chi connectivity index (χ1n) is 12.1. The summed E-state index contributed by atoms with van der Waals surface area (Å²) in [4.78, 5) is 23.4. The Morgan fingerprint density at radius 1 is 1.12 bits per heavy atom. The van der Waals surface area contributed by atoms with Gasteiger partial charge in [0.1, 0.15) is 5.82 Å². The largest absolute Gasteiger partial charge is 0.367 e. The van der Waals surface area contributed by atoms with E-state index in [1.165, 1.54) is 6.07 Å². The maximum absolute atomic E-state index is 14.0. The number of carbonyl (C=O) groups excluding carboxylic acids is 1. The highest BCUT2D eigenvalue weighted by Gasteiger charge is 2.23. The molecule has 2 fully saturated rings. The fourth-order valence-corrected chi connectivity index (χ4v) is 4.54. The van der Waals surface area contributed by atoms with Crippen LogP contribution in [0.25, 0.3) is 0 Å². The number of para-hydroxylation sites is 1. The molecule has 0 aliphatic carbocycles. The lowest BCUT2D eigenvalue weighted by Crippen LogP contribution is -2.47. The van der Waals surface area contributed by atoms with Gasteiger partial charge in [-0.3, -0.25) is 14.7 Å². The van der Waals surface area contributed by atoms with Gasteiger partial charge in [0.05, 0.1) is 5.69 Å². The minimum Gasteiger partial charge on any atom is -0.367 e. The van der Waals surface area contributed by atoms with Crippen LogP contribution in [0.15, 0.2) is 29.3 Å². The Bertz CT molecular complexity index is 742. The fraction of sp³-hybridized carbons (Fsp3) is 0.667. The van der Waals surface area contributed by atoms with Crippen LogP contribution in [0.4, 0.5) is 10.1 Å². The Kier molecular flexibility index (Phi) is 9.59. The molecule has 0 atom stereocenters. The summed E-state index contributed by atoms with van der Waals surface area (Å²) in [6.45, 7) is 10.3. The van der Waals surface area contributed by atoms with Gasteiger partial charge in [-0.25, -0.2) is 4.39 Å². The van der Waals surface area contributed by atoms with Gasteiger partial charge in [0, 0.05) is 72.4 Å². The number of halogens is 1. The van der Waals surface area contributed by atoms with E-state index in [0.29, 0.717) is 18.0 Å². The van der Waals surface area contributed by atoms with Crippen LogP contribution < -0.4 is 15.5 Å². The SMILES string of the molecule is CCNC(=NCCCN1CCN(c2ccccc2F)CC1)N1CCC(CC(=O)NC)CC1. The smallest absolute Gasteiger partial charge is 0.220 e. The van der Waals surface area contributed by atoms with Crippen LogP contribution >= 0.6 is 0 Å². The number of carbonyl (C=O) groups is 1. The van der Waals surface area contributed by atoms with Crippen molar-refractivity contribution in [3.63, 3.8) is 0 Å².